The van der Waals surface area contributed by atoms with E-state index in [0.29, 0.717) is 23.5 Å². The van der Waals surface area contributed by atoms with E-state index < -0.39 is 0 Å². The lowest BCUT2D eigenvalue weighted by molar-refractivity contribution is 0.0951. The number of allylic oxidation sites excluding steroid dienone is 1. The Labute approximate surface area is 182 Å². The molecule has 5 nitrogen and oxygen atoms in total. The first-order valence-corrected chi connectivity index (χ1v) is 11.0. The molecule has 2 aromatic carbocycles. The number of anilines is 1. The molecule has 2 amide bonds. The minimum absolute atomic E-state index is 0.204. The zero-order chi connectivity index (χ0) is 21.8. The van der Waals surface area contributed by atoms with Gasteiger partial charge in [-0.15, -0.1) is 0 Å². The normalized spacial score (nSPS) is 13.7. The number of nitrogens with one attached hydrogen (secondary N) is 3. The van der Waals surface area contributed by atoms with Gasteiger partial charge in [-0.25, -0.2) is 0 Å². The van der Waals surface area contributed by atoms with Gasteiger partial charge in [0.15, 0.2) is 0 Å². The van der Waals surface area contributed by atoms with E-state index in [2.05, 4.69) is 21.7 Å². The van der Waals surface area contributed by atoms with Crippen LogP contribution in [0.1, 0.15) is 64.1 Å². The van der Waals surface area contributed by atoms with Crippen molar-refractivity contribution in [2.24, 2.45) is 0 Å². The number of rotatable bonds is 6. The Morgan fingerprint density at radius 1 is 0.968 bits per heavy atom. The lowest BCUT2D eigenvalue weighted by Crippen LogP contribution is -2.26. The second-order valence-corrected chi connectivity index (χ2v) is 8.36. The van der Waals surface area contributed by atoms with Crippen molar-refractivity contribution in [3.05, 3.63) is 76.5 Å². The summed E-state index contributed by atoms with van der Waals surface area (Å²) in [6.45, 7) is 4.57. The summed E-state index contributed by atoms with van der Waals surface area (Å²) in [6, 6.07) is 13.3. The highest BCUT2D eigenvalue weighted by Crippen LogP contribution is 2.29. The number of aryl methyl sites for hydroxylation is 2. The van der Waals surface area contributed by atoms with E-state index in [-0.39, 0.29) is 11.8 Å². The number of carbonyl (C=O) groups excluding carboxylic acids is 2. The Morgan fingerprint density at radius 2 is 1.74 bits per heavy atom. The van der Waals surface area contributed by atoms with Crippen LogP contribution in [0.15, 0.2) is 54.1 Å². The molecule has 0 fully saturated rings. The van der Waals surface area contributed by atoms with Crippen molar-refractivity contribution in [1.29, 1.82) is 0 Å². The van der Waals surface area contributed by atoms with Crippen molar-refractivity contribution in [2.45, 2.75) is 46.0 Å². The summed E-state index contributed by atoms with van der Waals surface area (Å²) in [4.78, 5) is 29.1. The lowest BCUT2D eigenvalue weighted by atomic mass is 9.97. The summed E-state index contributed by atoms with van der Waals surface area (Å²) in [7, 11) is 0. The fourth-order valence-corrected chi connectivity index (χ4v) is 4.05. The Hall–Kier alpha value is -3.34. The summed E-state index contributed by atoms with van der Waals surface area (Å²) < 4.78 is 0. The molecular formula is C26H29N3O2. The molecule has 0 bridgehead atoms. The number of carbonyl (C=O) groups is 2. The third-order valence-corrected chi connectivity index (χ3v) is 5.85. The van der Waals surface area contributed by atoms with Gasteiger partial charge >= 0.3 is 0 Å². The van der Waals surface area contributed by atoms with Gasteiger partial charge in [-0.3, -0.25) is 9.59 Å². The van der Waals surface area contributed by atoms with Crippen LogP contribution in [0.3, 0.4) is 0 Å². The van der Waals surface area contributed by atoms with Gasteiger partial charge in [0.25, 0.3) is 11.8 Å². The summed E-state index contributed by atoms with van der Waals surface area (Å²) in [5, 5.41) is 6.83. The quantitative estimate of drug-likeness (QED) is 0.455. The Bertz CT molecular complexity index is 1140. The van der Waals surface area contributed by atoms with E-state index in [9.17, 15) is 9.59 Å². The topological polar surface area (TPSA) is 74.0 Å². The van der Waals surface area contributed by atoms with Crippen molar-refractivity contribution in [2.75, 3.05) is 11.9 Å². The Morgan fingerprint density at radius 3 is 2.48 bits per heavy atom. The maximum absolute atomic E-state index is 13.0. The molecule has 1 aromatic heterocycles. The maximum atomic E-state index is 13.0. The molecular weight excluding hydrogens is 386 g/mol. The number of hydrogen-bond acceptors (Lipinski definition) is 2. The monoisotopic (exact) mass is 415 g/mol. The molecule has 3 aromatic rings. The number of hydrogen-bond donors (Lipinski definition) is 3. The first-order valence-electron chi connectivity index (χ1n) is 11.0. The van der Waals surface area contributed by atoms with E-state index in [1.54, 1.807) is 12.1 Å². The Kier molecular flexibility index (Phi) is 6.21. The van der Waals surface area contributed by atoms with Crippen LogP contribution in [0, 0.1) is 13.8 Å². The van der Waals surface area contributed by atoms with Gasteiger partial charge in [-0.1, -0.05) is 41.0 Å². The molecule has 3 N–H and O–H groups in total. The zero-order valence-corrected chi connectivity index (χ0v) is 18.2. The van der Waals surface area contributed by atoms with E-state index in [4.69, 9.17) is 0 Å². The summed E-state index contributed by atoms with van der Waals surface area (Å²) in [6.07, 6.45) is 7.93. The van der Waals surface area contributed by atoms with Crippen molar-refractivity contribution >= 4 is 28.4 Å². The average molecular weight is 416 g/mol. The first-order chi connectivity index (χ1) is 15.0. The van der Waals surface area contributed by atoms with Crippen LogP contribution in [0.2, 0.25) is 0 Å². The van der Waals surface area contributed by atoms with Crippen LogP contribution in [0.25, 0.3) is 10.9 Å². The number of amides is 2. The van der Waals surface area contributed by atoms with Gasteiger partial charge < -0.3 is 15.6 Å². The number of benzene rings is 2. The second kappa shape index (κ2) is 9.21. The second-order valence-electron chi connectivity index (χ2n) is 8.36. The number of aromatic amines is 1. The van der Waals surface area contributed by atoms with Crippen molar-refractivity contribution in [1.82, 2.24) is 10.3 Å². The van der Waals surface area contributed by atoms with Gasteiger partial charge in [0.05, 0.1) is 5.69 Å². The van der Waals surface area contributed by atoms with E-state index in [0.717, 1.165) is 41.3 Å². The summed E-state index contributed by atoms with van der Waals surface area (Å²) >= 11 is 0. The number of H-pyrrole nitrogens is 1. The highest BCUT2D eigenvalue weighted by Gasteiger charge is 2.20. The van der Waals surface area contributed by atoms with Crippen LogP contribution in [-0.4, -0.2) is 23.3 Å². The number of aromatic nitrogens is 1. The van der Waals surface area contributed by atoms with Crippen molar-refractivity contribution in [3.63, 3.8) is 0 Å². The standard InChI is InChI=1S/C26H29N3O2/c1-17-8-11-20(12-9-17)25(30)29-23-21-16-18(2)10-13-22(21)28-24(23)26(31)27-15-14-19-6-4-3-5-7-19/h6,8-13,16,28H,3-5,7,14-15H2,1-2H3,(H,27,31)(H,29,30). The fraction of sp³-hybridized carbons (Fsp3) is 0.308. The molecule has 0 saturated carbocycles. The Balaban J connectivity index is 1.57. The molecule has 0 unspecified atom stereocenters. The van der Waals surface area contributed by atoms with Crippen LogP contribution in [0.4, 0.5) is 5.69 Å². The van der Waals surface area contributed by atoms with Gasteiger partial charge in [-0.2, -0.15) is 0 Å². The molecule has 1 heterocycles. The molecule has 4 rings (SSSR count). The zero-order valence-electron chi connectivity index (χ0n) is 18.2. The summed E-state index contributed by atoms with van der Waals surface area (Å²) in [5.41, 5.74) is 5.87. The average Bonchev–Trinajstić information content (AvgIpc) is 3.12. The third-order valence-electron chi connectivity index (χ3n) is 5.85. The van der Waals surface area contributed by atoms with Gasteiger partial charge in [0.1, 0.15) is 5.69 Å². The minimum atomic E-state index is -0.233. The smallest absolute Gasteiger partial charge is 0.269 e. The summed E-state index contributed by atoms with van der Waals surface area (Å²) in [5.74, 6) is -0.437. The number of fused-ring (bicyclic) bond motifs is 1. The van der Waals surface area contributed by atoms with E-state index in [1.807, 2.05) is 44.2 Å². The first kappa shape index (κ1) is 20.9. The third kappa shape index (κ3) is 4.88. The van der Waals surface area contributed by atoms with Gasteiger partial charge in [0, 0.05) is 23.0 Å². The molecule has 0 spiro atoms. The molecule has 0 atom stereocenters. The molecule has 31 heavy (non-hydrogen) atoms. The maximum Gasteiger partial charge on any atom is 0.269 e. The van der Waals surface area contributed by atoms with Crippen molar-refractivity contribution < 1.29 is 9.59 Å². The van der Waals surface area contributed by atoms with Crippen LogP contribution >= 0.6 is 0 Å². The molecule has 5 heteroatoms. The highest BCUT2D eigenvalue weighted by molar-refractivity contribution is 6.15. The molecule has 1 aliphatic carbocycles. The predicted octanol–water partition coefficient (Wildman–Crippen LogP) is 5.66. The van der Waals surface area contributed by atoms with Gasteiger partial charge in [0.2, 0.25) is 0 Å². The SMILES string of the molecule is Cc1ccc(C(=O)Nc2c(C(=O)NCCC3=CCCCC3)[nH]c3ccc(C)cc23)cc1. The largest absolute Gasteiger partial charge is 0.350 e. The van der Waals surface area contributed by atoms with Crippen LogP contribution in [0.5, 0.6) is 0 Å². The van der Waals surface area contributed by atoms with E-state index in [1.165, 1.54) is 18.4 Å². The fourth-order valence-electron chi connectivity index (χ4n) is 4.05. The minimum Gasteiger partial charge on any atom is -0.350 e. The molecule has 0 saturated heterocycles. The predicted molar refractivity (Wildman–Crippen MR) is 126 cm³/mol. The molecule has 0 aliphatic heterocycles. The van der Waals surface area contributed by atoms with Crippen LogP contribution in [-0.2, 0) is 0 Å². The van der Waals surface area contributed by atoms with E-state index >= 15 is 0 Å². The molecule has 0 radical (unpaired) electrons. The van der Waals surface area contributed by atoms with Crippen molar-refractivity contribution in [3.8, 4) is 0 Å². The van der Waals surface area contributed by atoms with Crippen LogP contribution < -0.4 is 10.6 Å². The van der Waals surface area contributed by atoms with Gasteiger partial charge in [-0.05, 0) is 70.2 Å². The highest BCUT2D eigenvalue weighted by atomic mass is 16.2. The molecule has 1 aliphatic rings. The molecule has 160 valence electrons. The lowest BCUT2D eigenvalue weighted by Gasteiger charge is -2.13.